The maximum atomic E-state index is 11.2. The highest BCUT2D eigenvalue weighted by molar-refractivity contribution is 5.90. The molecule has 1 heterocycles. The number of esters is 2. The Bertz CT molecular complexity index is 282. The van der Waals surface area contributed by atoms with Gasteiger partial charge in [0, 0.05) is 6.04 Å². The van der Waals surface area contributed by atoms with Crippen molar-refractivity contribution >= 4 is 11.9 Å². The molecule has 84 valence electrons. The number of morpholine rings is 1. The average molecular weight is 211 g/mol. The zero-order chi connectivity index (χ0) is 11.1. The average Bonchev–Trinajstić information content (AvgIpc) is 2.43. The highest BCUT2D eigenvalue weighted by Gasteiger charge is 2.41. The summed E-state index contributed by atoms with van der Waals surface area (Å²) < 4.78 is 4.52. The second-order valence-electron chi connectivity index (χ2n) is 5.15. The molecule has 2 fully saturated rings. The minimum absolute atomic E-state index is 0.206. The van der Waals surface area contributed by atoms with E-state index in [0.717, 1.165) is 12.8 Å². The highest BCUT2D eigenvalue weighted by Crippen LogP contribution is 2.40. The summed E-state index contributed by atoms with van der Waals surface area (Å²) in [5, 5.41) is 0. The van der Waals surface area contributed by atoms with E-state index in [1.807, 2.05) is 4.90 Å². The molecule has 0 aromatic carbocycles. The molecule has 15 heavy (non-hydrogen) atoms. The van der Waals surface area contributed by atoms with Gasteiger partial charge in [-0.05, 0) is 18.3 Å². The van der Waals surface area contributed by atoms with Crippen molar-refractivity contribution in [1.82, 2.24) is 4.90 Å². The van der Waals surface area contributed by atoms with Gasteiger partial charge in [-0.25, -0.2) is 0 Å². The molecule has 0 N–H and O–H groups in total. The molecule has 0 amide bonds. The molecule has 1 aliphatic heterocycles. The lowest BCUT2D eigenvalue weighted by molar-refractivity contribution is -0.168. The molecule has 0 radical (unpaired) electrons. The highest BCUT2D eigenvalue weighted by atomic mass is 16.6. The van der Waals surface area contributed by atoms with Gasteiger partial charge in [0.05, 0.1) is 13.1 Å². The Hall–Kier alpha value is -0.900. The van der Waals surface area contributed by atoms with Crippen LogP contribution in [-0.2, 0) is 14.3 Å². The first kappa shape index (κ1) is 10.6. The fraction of sp³-hybridized carbons (Fsp3) is 0.818. The Morgan fingerprint density at radius 2 is 1.87 bits per heavy atom. The second-order valence-corrected chi connectivity index (χ2v) is 5.15. The number of rotatable bonds is 1. The van der Waals surface area contributed by atoms with Crippen LogP contribution in [0.25, 0.3) is 0 Å². The monoisotopic (exact) mass is 211 g/mol. The first-order chi connectivity index (χ1) is 6.99. The Labute approximate surface area is 89.6 Å². The van der Waals surface area contributed by atoms with Crippen LogP contribution in [0.3, 0.4) is 0 Å². The molecule has 4 heteroatoms. The Balaban J connectivity index is 2.10. The van der Waals surface area contributed by atoms with Gasteiger partial charge in [0.15, 0.2) is 0 Å². The van der Waals surface area contributed by atoms with E-state index >= 15 is 0 Å². The van der Waals surface area contributed by atoms with E-state index < -0.39 is 11.9 Å². The predicted octanol–water partition coefficient (Wildman–Crippen LogP) is 0.951. The predicted molar refractivity (Wildman–Crippen MR) is 54.1 cm³/mol. The third-order valence-corrected chi connectivity index (χ3v) is 3.53. The molecular formula is C11H17NO3. The number of carbonyl (C=O) groups is 2. The number of ether oxygens (including phenoxy) is 1. The smallest absolute Gasteiger partial charge is 0.327 e. The van der Waals surface area contributed by atoms with Crippen molar-refractivity contribution in [3.8, 4) is 0 Å². The van der Waals surface area contributed by atoms with E-state index in [2.05, 4.69) is 18.6 Å². The van der Waals surface area contributed by atoms with E-state index in [9.17, 15) is 9.59 Å². The summed E-state index contributed by atoms with van der Waals surface area (Å²) in [5.41, 5.74) is 0.206. The quantitative estimate of drug-likeness (QED) is 0.478. The van der Waals surface area contributed by atoms with Gasteiger partial charge in [-0.15, -0.1) is 0 Å². The molecule has 1 atom stereocenters. The molecule has 4 nitrogen and oxygen atoms in total. The minimum atomic E-state index is -0.408. The number of cyclic esters (lactones) is 2. The first-order valence-electron chi connectivity index (χ1n) is 5.46. The summed E-state index contributed by atoms with van der Waals surface area (Å²) in [6, 6.07) is 0.342. The van der Waals surface area contributed by atoms with Crippen LogP contribution in [0.5, 0.6) is 0 Å². The van der Waals surface area contributed by atoms with Gasteiger partial charge in [0.25, 0.3) is 0 Å². The van der Waals surface area contributed by atoms with Crippen LogP contribution in [0.15, 0.2) is 0 Å². The molecular weight excluding hydrogens is 194 g/mol. The topological polar surface area (TPSA) is 46.6 Å². The SMILES string of the molecule is CC1(C)CCCC1N1CC(=O)OC(=O)C1. The second kappa shape index (κ2) is 3.59. The molecule has 1 unspecified atom stereocenters. The van der Waals surface area contributed by atoms with Gasteiger partial charge in [-0.1, -0.05) is 20.3 Å². The van der Waals surface area contributed by atoms with Crippen LogP contribution in [0.4, 0.5) is 0 Å². The number of carbonyl (C=O) groups excluding carboxylic acids is 2. The van der Waals surface area contributed by atoms with Crippen LogP contribution in [0.2, 0.25) is 0 Å². The lowest BCUT2D eigenvalue weighted by Gasteiger charge is -2.37. The van der Waals surface area contributed by atoms with Crippen molar-refractivity contribution in [3.05, 3.63) is 0 Å². The Kier molecular flexibility index (Phi) is 2.54. The fourth-order valence-electron chi connectivity index (χ4n) is 2.78. The maximum Gasteiger partial charge on any atom is 0.327 e. The summed E-state index contributed by atoms with van der Waals surface area (Å²) in [7, 11) is 0. The zero-order valence-corrected chi connectivity index (χ0v) is 9.28. The third kappa shape index (κ3) is 2.04. The van der Waals surface area contributed by atoms with Gasteiger partial charge in [0.2, 0.25) is 0 Å². The van der Waals surface area contributed by atoms with Gasteiger partial charge in [-0.2, -0.15) is 0 Å². The summed E-state index contributed by atoms with van der Waals surface area (Å²) in [6.45, 7) is 4.93. The van der Waals surface area contributed by atoms with Crippen LogP contribution in [0.1, 0.15) is 33.1 Å². The van der Waals surface area contributed by atoms with Gasteiger partial charge < -0.3 is 4.74 Å². The van der Waals surface area contributed by atoms with Crippen molar-refractivity contribution < 1.29 is 14.3 Å². The number of nitrogens with zero attached hydrogens (tertiary/aromatic N) is 1. The summed E-state index contributed by atoms with van der Waals surface area (Å²) in [5.74, 6) is -0.817. The third-order valence-electron chi connectivity index (χ3n) is 3.53. The van der Waals surface area contributed by atoms with Gasteiger partial charge in [-0.3, -0.25) is 14.5 Å². The maximum absolute atomic E-state index is 11.2. The number of hydrogen-bond acceptors (Lipinski definition) is 4. The normalized spacial score (nSPS) is 31.7. The molecule has 0 aromatic heterocycles. The van der Waals surface area contributed by atoms with E-state index in [-0.39, 0.29) is 18.5 Å². The standard InChI is InChI=1S/C11H17NO3/c1-11(2)5-3-4-8(11)12-6-9(13)15-10(14)7-12/h8H,3-7H2,1-2H3. The largest absolute Gasteiger partial charge is 0.391 e. The lowest BCUT2D eigenvalue weighted by atomic mass is 9.86. The summed E-state index contributed by atoms with van der Waals surface area (Å²) in [4.78, 5) is 24.3. The summed E-state index contributed by atoms with van der Waals surface area (Å²) >= 11 is 0. The Morgan fingerprint density at radius 1 is 1.27 bits per heavy atom. The Morgan fingerprint density at radius 3 is 2.33 bits per heavy atom. The van der Waals surface area contributed by atoms with E-state index in [0.29, 0.717) is 6.04 Å². The lowest BCUT2D eigenvalue weighted by Crippen LogP contribution is -2.51. The fourth-order valence-corrected chi connectivity index (χ4v) is 2.78. The minimum Gasteiger partial charge on any atom is -0.391 e. The molecule has 0 spiro atoms. The van der Waals surface area contributed by atoms with Crippen molar-refractivity contribution in [3.63, 3.8) is 0 Å². The molecule has 0 bridgehead atoms. The zero-order valence-electron chi connectivity index (χ0n) is 9.28. The van der Waals surface area contributed by atoms with E-state index in [4.69, 9.17) is 0 Å². The van der Waals surface area contributed by atoms with Gasteiger partial charge >= 0.3 is 11.9 Å². The number of hydrogen-bond donors (Lipinski definition) is 0. The van der Waals surface area contributed by atoms with Crippen LogP contribution < -0.4 is 0 Å². The van der Waals surface area contributed by atoms with Crippen LogP contribution in [-0.4, -0.2) is 36.0 Å². The van der Waals surface area contributed by atoms with Crippen molar-refractivity contribution in [1.29, 1.82) is 0 Å². The van der Waals surface area contributed by atoms with Crippen LogP contribution in [0, 0.1) is 5.41 Å². The molecule has 0 aromatic rings. The molecule has 2 rings (SSSR count). The van der Waals surface area contributed by atoms with Gasteiger partial charge in [0.1, 0.15) is 0 Å². The first-order valence-corrected chi connectivity index (χ1v) is 5.46. The van der Waals surface area contributed by atoms with E-state index in [1.165, 1.54) is 6.42 Å². The molecule has 1 aliphatic carbocycles. The molecule has 2 aliphatic rings. The molecule has 1 saturated heterocycles. The molecule has 1 saturated carbocycles. The summed E-state index contributed by atoms with van der Waals surface area (Å²) in [6.07, 6.45) is 3.42. The van der Waals surface area contributed by atoms with Crippen molar-refractivity contribution in [2.75, 3.05) is 13.1 Å². The van der Waals surface area contributed by atoms with Crippen LogP contribution >= 0.6 is 0 Å². The van der Waals surface area contributed by atoms with Crippen molar-refractivity contribution in [2.45, 2.75) is 39.2 Å². The van der Waals surface area contributed by atoms with Crippen molar-refractivity contribution in [2.24, 2.45) is 5.41 Å². The van der Waals surface area contributed by atoms with E-state index in [1.54, 1.807) is 0 Å².